The maximum absolute atomic E-state index is 15.3. The van der Waals surface area contributed by atoms with Gasteiger partial charge in [0, 0.05) is 53.4 Å². The predicted molar refractivity (Wildman–Crippen MR) is 252 cm³/mol. The largest absolute Gasteiger partial charge is 0.508 e. The quantitative estimate of drug-likeness (QED) is 0.0526. The molecule has 5 N–H and O–H groups in total. The first-order valence-corrected chi connectivity index (χ1v) is 22.5. The highest BCUT2D eigenvalue weighted by atomic mass is 127. The van der Waals surface area contributed by atoms with Crippen molar-refractivity contribution in [1.82, 2.24) is 38.3 Å². The molecule has 0 spiro atoms. The van der Waals surface area contributed by atoms with Gasteiger partial charge in [-0.25, -0.2) is 23.8 Å². The first-order chi connectivity index (χ1) is 32.0. The van der Waals surface area contributed by atoms with Crippen LogP contribution in [0, 0.1) is 21.1 Å². The molecule has 0 aliphatic carbocycles. The molecular formula is C46H46F2IN9O9. The number of halogens is 3. The molecule has 0 unspecified atom stereocenters. The SMILES string of the molecule is CC(C)c1cc(-c2n[nH]c(=O)n2-c2ccc3c(ccn3CCC3CCN(C(=O)CC(=O)OC[C@H](O)Cn4cnc5c(c(Nc6ccc(I)cc6F)c(F)c(=O)n5C)c4=O)CC3)c2)c(O)cc1O. The van der Waals surface area contributed by atoms with Gasteiger partial charge in [0.1, 0.15) is 48.2 Å². The number of fused-ring (bicyclic) bond motifs is 2. The number of H-pyrrole nitrogens is 1. The highest BCUT2D eigenvalue weighted by Crippen LogP contribution is 2.38. The Balaban J connectivity index is 0.830. The maximum Gasteiger partial charge on any atom is 0.348 e. The third kappa shape index (κ3) is 9.55. The third-order valence-electron chi connectivity index (χ3n) is 12.1. The Bertz CT molecular complexity index is 3240. The van der Waals surface area contributed by atoms with E-state index in [9.17, 15) is 43.7 Å². The van der Waals surface area contributed by atoms with Crippen LogP contribution in [0.3, 0.4) is 0 Å². The molecule has 0 radical (unpaired) electrons. The zero-order chi connectivity index (χ0) is 47.8. The van der Waals surface area contributed by atoms with Gasteiger partial charge in [-0.1, -0.05) is 13.8 Å². The van der Waals surface area contributed by atoms with E-state index in [1.165, 1.54) is 29.8 Å². The lowest BCUT2D eigenvalue weighted by molar-refractivity contribution is -0.152. The van der Waals surface area contributed by atoms with Gasteiger partial charge in [0.05, 0.1) is 29.2 Å². The van der Waals surface area contributed by atoms with E-state index in [2.05, 4.69) is 25.1 Å². The van der Waals surface area contributed by atoms with E-state index in [0.717, 1.165) is 45.6 Å². The zero-order valence-electron chi connectivity index (χ0n) is 36.5. The van der Waals surface area contributed by atoms with Crippen molar-refractivity contribution in [2.75, 3.05) is 25.0 Å². The molecule has 4 aromatic heterocycles. The predicted octanol–water partition coefficient (Wildman–Crippen LogP) is 5.38. The second-order valence-corrected chi connectivity index (χ2v) is 18.1. The summed E-state index contributed by atoms with van der Waals surface area (Å²) in [5.41, 5.74) is -1.01. The van der Waals surface area contributed by atoms with E-state index in [0.29, 0.717) is 45.9 Å². The van der Waals surface area contributed by atoms with Gasteiger partial charge >= 0.3 is 11.7 Å². The van der Waals surface area contributed by atoms with Gasteiger partial charge in [-0.2, -0.15) is 9.49 Å². The van der Waals surface area contributed by atoms with E-state index < -0.39 is 71.7 Å². The molecule has 1 amide bonds. The van der Waals surface area contributed by atoms with Crippen molar-refractivity contribution < 1.29 is 38.4 Å². The van der Waals surface area contributed by atoms with E-state index in [1.54, 1.807) is 23.1 Å². The molecule has 5 heterocycles. The van der Waals surface area contributed by atoms with Crippen LogP contribution in [0.5, 0.6) is 11.5 Å². The second kappa shape index (κ2) is 19.1. The average Bonchev–Trinajstić information content (AvgIpc) is 3.89. The van der Waals surface area contributed by atoms with Crippen molar-refractivity contribution in [3.8, 4) is 28.6 Å². The molecule has 1 fully saturated rings. The van der Waals surface area contributed by atoms with Crippen LogP contribution in [0.1, 0.15) is 51.0 Å². The average molecular weight is 1030 g/mol. The van der Waals surface area contributed by atoms with Crippen molar-refractivity contribution in [3.05, 3.63) is 119 Å². The Morgan fingerprint density at radius 2 is 1.75 bits per heavy atom. The number of aryl methyl sites for hydroxylation is 2. The number of piperidine rings is 1. The number of aromatic amines is 1. The van der Waals surface area contributed by atoms with Crippen LogP contribution in [-0.4, -0.2) is 91.3 Å². The number of carbonyl (C=O) groups excluding carboxylic acids is 2. The lowest BCUT2D eigenvalue weighted by Crippen LogP contribution is -2.40. The smallest absolute Gasteiger partial charge is 0.348 e. The van der Waals surface area contributed by atoms with Crippen molar-refractivity contribution in [2.45, 2.75) is 64.6 Å². The van der Waals surface area contributed by atoms with Crippen molar-refractivity contribution in [2.24, 2.45) is 13.0 Å². The van der Waals surface area contributed by atoms with Gasteiger partial charge in [-0.15, -0.1) is 0 Å². The van der Waals surface area contributed by atoms with Crippen molar-refractivity contribution >= 4 is 67.8 Å². The topological polar surface area (TPSA) is 232 Å². The molecule has 3 aromatic carbocycles. The summed E-state index contributed by atoms with van der Waals surface area (Å²) < 4.78 is 41.1. The molecule has 1 saturated heterocycles. The number of aromatic hydroxyl groups is 2. The van der Waals surface area contributed by atoms with Gasteiger partial charge in [0.25, 0.3) is 11.1 Å². The Labute approximate surface area is 393 Å². The summed E-state index contributed by atoms with van der Waals surface area (Å²) in [4.78, 5) is 70.7. The molecule has 350 valence electrons. The van der Waals surface area contributed by atoms with Gasteiger partial charge in [-0.05, 0) is 108 Å². The number of phenols is 2. The Morgan fingerprint density at radius 3 is 2.48 bits per heavy atom. The third-order valence-corrected chi connectivity index (χ3v) is 12.7. The highest BCUT2D eigenvalue weighted by molar-refractivity contribution is 14.1. The van der Waals surface area contributed by atoms with E-state index in [1.807, 2.05) is 60.8 Å². The number of aliphatic hydroxyl groups excluding tert-OH is 1. The van der Waals surface area contributed by atoms with Gasteiger partial charge in [0.2, 0.25) is 11.7 Å². The van der Waals surface area contributed by atoms with Crippen LogP contribution < -0.4 is 22.1 Å². The number of ether oxygens (including phenoxy) is 1. The highest BCUT2D eigenvalue weighted by Gasteiger charge is 2.27. The first kappa shape index (κ1) is 46.6. The molecular weight excluding hydrogens is 987 g/mol. The van der Waals surface area contributed by atoms with Gasteiger partial charge < -0.3 is 34.8 Å². The monoisotopic (exact) mass is 1030 g/mol. The number of likely N-dealkylation sites (tertiary alicyclic amines) is 1. The summed E-state index contributed by atoms with van der Waals surface area (Å²) in [6.07, 6.45) is 3.32. The van der Waals surface area contributed by atoms with Crippen LogP contribution in [0.2, 0.25) is 0 Å². The van der Waals surface area contributed by atoms with Gasteiger partial charge in [0.15, 0.2) is 11.5 Å². The number of esters is 1. The molecule has 7 aromatic rings. The number of nitrogens with zero attached hydrogens (tertiary/aromatic N) is 7. The number of aliphatic hydroxyl groups is 1. The molecule has 1 aliphatic rings. The summed E-state index contributed by atoms with van der Waals surface area (Å²) in [5.74, 6) is -3.16. The lowest BCUT2D eigenvalue weighted by atomic mass is 9.93. The summed E-state index contributed by atoms with van der Waals surface area (Å²) >= 11 is 1.90. The van der Waals surface area contributed by atoms with Crippen LogP contribution >= 0.6 is 22.6 Å². The normalized spacial score (nSPS) is 13.8. The number of anilines is 2. The molecule has 0 bridgehead atoms. The number of carbonyl (C=O) groups is 2. The molecule has 18 nitrogen and oxygen atoms in total. The van der Waals surface area contributed by atoms with E-state index in [4.69, 9.17) is 4.74 Å². The summed E-state index contributed by atoms with van der Waals surface area (Å²) in [5, 5.41) is 41.5. The van der Waals surface area contributed by atoms with E-state index in [-0.39, 0.29) is 40.0 Å². The fourth-order valence-electron chi connectivity index (χ4n) is 8.41. The number of amides is 1. The molecule has 1 aliphatic heterocycles. The molecule has 8 rings (SSSR count). The Morgan fingerprint density at radius 1 is 0.985 bits per heavy atom. The van der Waals surface area contributed by atoms with Gasteiger partial charge in [-0.3, -0.25) is 28.3 Å². The maximum atomic E-state index is 15.3. The van der Waals surface area contributed by atoms with Crippen LogP contribution in [0.15, 0.2) is 81.5 Å². The molecule has 21 heteroatoms. The van der Waals surface area contributed by atoms with Crippen molar-refractivity contribution in [1.29, 1.82) is 0 Å². The minimum absolute atomic E-state index is 0.0427. The number of benzene rings is 3. The number of phenolic OH excluding ortho intramolecular Hbond substituents is 2. The lowest BCUT2D eigenvalue weighted by Gasteiger charge is -2.32. The number of pyridine rings is 1. The number of hydrogen-bond donors (Lipinski definition) is 5. The minimum atomic E-state index is -1.44. The number of nitrogens with one attached hydrogen (secondary N) is 2. The molecule has 67 heavy (non-hydrogen) atoms. The zero-order valence-corrected chi connectivity index (χ0v) is 38.7. The molecule has 0 saturated carbocycles. The standard InChI is InChI=1S/C46H46F2IN9O9/c1-24(2)30-18-31(36(61)19-35(30)60)42-52-53-46(66)58(42)28-5-7-34-26(16-28)11-15-55(34)12-8-25-9-13-56(14-10-25)37(62)20-38(63)67-22-29(59)21-57-23-50-43-39(44(57)64)41(40(48)45(65)54(43)3)51-33-6-4-27(49)17-32(33)47/h4-7,11,15-19,23-25,29,51,59-61H,8-10,12-14,20-22H2,1-3H3,(H,53,66)/t29-/m1/s1. The second-order valence-electron chi connectivity index (χ2n) is 16.9. The summed E-state index contributed by atoms with van der Waals surface area (Å²) in [7, 11) is 1.23. The van der Waals surface area contributed by atoms with Crippen LogP contribution in [0.25, 0.3) is 39.0 Å². The molecule has 1 atom stereocenters. The fourth-order valence-corrected chi connectivity index (χ4v) is 8.86. The van der Waals surface area contributed by atoms with Crippen LogP contribution in [-0.2, 0) is 34.5 Å². The van der Waals surface area contributed by atoms with E-state index >= 15 is 4.39 Å². The number of aromatic nitrogens is 7. The minimum Gasteiger partial charge on any atom is -0.508 e. The van der Waals surface area contributed by atoms with Crippen molar-refractivity contribution in [3.63, 3.8) is 0 Å². The first-order valence-electron chi connectivity index (χ1n) is 21.4. The Kier molecular flexibility index (Phi) is 13.3. The summed E-state index contributed by atoms with van der Waals surface area (Å²) in [6.45, 7) is 4.40. The number of rotatable bonds is 14. The fraction of sp³-hybridized carbons (Fsp3) is 0.326. The van der Waals surface area contributed by atoms with Crippen LogP contribution in [0.4, 0.5) is 20.2 Å². The number of hydrogen-bond acceptors (Lipinski definition) is 12. The Hall–Kier alpha value is -6.88. The summed E-state index contributed by atoms with van der Waals surface area (Å²) in [6, 6.07) is 14.5.